The highest BCUT2D eigenvalue weighted by Gasteiger charge is 2.31. The summed E-state index contributed by atoms with van der Waals surface area (Å²) in [5.41, 5.74) is 4.00. The maximum Gasteiger partial charge on any atom is 0.243 e. The van der Waals surface area contributed by atoms with Crippen LogP contribution in [0.4, 0.5) is 10.1 Å². The molecule has 3 aromatic carbocycles. The Kier molecular flexibility index (Phi) is 11.7. The minimum absolute atomic E-state index is 0.0278. The smallest absolute Gasteiger partial charge is 0.243 e. The Morgan fingerprint density at radius 2 is 1.60 bits per heavy atom. The first-order valence-corrected chi connectivity index (χ1v) is 16.2. The fraction of sp³-hybridized carbons (Fsp3) is 0.394. The van der Waals surface area contributed by atoms with E-state index in [1.54, 1.807) is 23.1 Å². The Morgan fingerprint density at radius 1 is 0.929 bits per heavy atom. The maximum absolute atomic E-state index is 13.9. The number of nitrogens with zero attached hydrogens (tertiary/aromatic N) is 2. The van der Waals surface area contributed by atoms with Gasteiger partial charge >= 0.3 is 0 Å². The summed E-state index contributed by atoms with van der Waals surface area (Å²) in [7, 11) is -3.61. The third-order valence-electron chi connectivity index (χ3n) is 7.54. The van der Waals surface area contributed by atoms with E-state index in [1.807, 2.05) is 70.2 Å². The van der Waals surface area contributed by atoms with Crippen molar-refractivity contribution in [2.24, 2.45) is 0 Å². The second kappa shape index (κ2) is 15.0. The average Bonchev–Trinajstić information content (AvgIpc) is 2.95. The van der Waals surface area contributed by atoms with E-state index in [0.29, 0.717) is 17.7 Å². The molecule has 0 bridgehead atoms. The Hall–Kier alpha value is -3.72. The maximum atomic E-state index is 13.9. The summed E-state index contributed by atoms with van der Waals surface area (Å²) in [5, 5.41) is 3.03. The molecule has 42 heavy (non-hydrogen) atoms. The summed E-state index contributed by atoms with van der Waals surface area (Å²) in [6.07, 6.45) is 2.47. The molecule has 0 aliphatic carbocycles. The zero-order valence-electron chi connectivity index (χ0n) is 25.1. The van der Waals surface area contributed by atoms with Crippen LogP contribution in [0.2, 0.25) is 0 Å². The number of sulfonamides is 1. The number of amides is 2. The number of carbonyl (C=O) groups is 2. The van der Waals surface area contributed by atoms with Crippen molar-refractivity contribution in [1.29, 1.82) is 0 Å². The zero-order chi connectivity index (χ0) is 30.9. The van der Waals surface area contributed by atoms with Crippen molar-refractivity contribution >= 4 is 27.5 Å². The van der Waals surface area contributed by atoms with Crippen LogP contribution in [0.25, 0.3) is 0 Å². The standard InChI is InChI=1S/C33H42FN3O4S/c1-6-25(3)35-33(39)31(22-27-13-8-7-9-14-27)36(23-28-17-19-29(34)20-18-28)32(38)16-11-21-37(42(5,40)41)30-15-10-12-24(2)26(30)4/h7-10,12-15,17-20,25,31H,6,11,16,21-23H2,1-5H3,(H,35,39)/t25-,31-/m0/s1. The van der Waals surface area contributed by atoms with Gasteiger partial charge in [-0.1, -0.05) is 61.5 Å². The second-order valence-corrected chi connectivity index (χ2v) is 12.7. The quantitative estimate of drug-likeness (QED) is 0.265. The molecule has 0 unspecified atom stereocenters. The summed E-state index contributed by atoms with van der Waals surface area (Å²) < 4.78 is 40.5. The van der Waals surface area contributed by atoms with Crippen molar-refractivity contribution in [3.05, 3.63) is 101 Å². The molecule has 9 heteroatoms. The molecule has 2 amide bonds. The van der Waals surface area contributed by atoms with Crippen LogP contribution < -0.4 is 9.62 Å². The van der Waals surface area contributed by atoms with E-state index in [1.165, 1.54) is 16.4 Å². The van der Waals surface area contributed by atoms with E-state index < -0.39 is 16.1 Å². The van der Waals surface area contributed by atoms with Gasteiger partial charge in [0.1, 0.15) is 11.9 Å². The van der Waals surface area contributed by atoms with Gasteiger partial charge in [-0.3, -0.25) is 13.9 Å². The molecule has 0 radical (unpaired) electrons. The Labute approximate surface area is 249 Å². The lowest BCUT2D eigenvalue weighted by molar-refractivity contribution is -0.141. The van der Waals surface area contributed by atoms with E-state index in [9.17, 15) is 22.4 Å². The summed E-state index contributed by atoms with van der Waals surface area (Å²) >= 11 is 0. The minimum Gasteiger partial charge on any atom is -0.352 e. The number of halogens is 1. The van der Waals surface area contributed by atoms with E-state index in [2.05, 4.69) is 5.32 Å². The molecule has 0 saturated carbocycles. The summed E-state index contributed by atoms with van der Waals surface area (Å²) in [6.45, 7) is 7.91. The topological polar surface area (TPSA) is 86.8 Å². The molecule has 3 rings (SSSR count). The number of nitrogens with one attached hydrogen (secondary N) is 1. The van der Waals surface area contributed by atoms with Crippen LogP contribution in [-0.2, 0) is 32.6 Å². The summed E-state index contributed by atoms with van der Waals surface area (Å²) in [5.74, 6) is -0.940. The summed E-state index contributed by atoms with van der Waals surface area (Å²) in [4.78, 5) is 29.1. The van der Waals surface area contributed by atoms with Gasteiger partial charge in [0.05, 0.1) is 11.9 Å². The van der Waals surface area contributed by atoms with Crippen LogP contribution in [0.15, 0.2) is 72.8 Å². The normalized spacial score (nSPS) is 12.8. The average molecular weight is 596 g/mol. The predicted octanol–water partition coefficient (Wildman–Crippen LogP) is 5.54. The van der Waals surface area contributed by atoms with Crippen molar-refractivity contribution in [2.45, 2.75) is 72.0 Å². The van der Waals surface area contributed by atoms with Crippen molar-refractivity contribution in [2.75, 3.05) is 17.1 Å². The molecular formula is C33H42FN3O4S. The number of carbonyl (C=O) groups excluding carboxylic acids is 2. The largest absolute Gasteiger partial charge is 0.352 e. The third kappa shape index (κ3) is 9.14. The van der Waals surface area contributed by atoms with Gasteiger partial charge in [-0.2, -0.15) is 0 Å². The number of benzene rings is 3. The van der Waals surface area contributed by atoms with Gasteiger partial charge in [-0.25, -0.2) is 12.8 Å². The molecule has 0 heterocycles. The van der Waals surface area contributed by atoms with E-state index >= 15 is 0 Å². The SMILES string of the molecule is CC[C@H](C)NC(=O)[C@H](Cc1ccccc1)N(Cc1ccc(F)cc1)C(=O)CCCN(c1cccc(C)c1C)S(C)(=O)=O. The molecule has 0 fully saturated rings. The van der Waals surface area contributed by atoms with Gasteiger partial charge in [0.2, 0.25) is 21.8 Å². The van der Waals surface area contributed by atoms with E-state index in [0.717, 1.165) is 29.4 Å². The molecule has 7 nitrogen and oxygen atoms in total. The Balaban J connectivity index is 1.90. The second-order valence-electron chi connectivity index (χ2n) is 10.8. The number of hydrogen-bond acceptors (Lipinski definition) is 4. The van der Waals surface area contributed by atoms with E-state index in [-0.39, 0.29) is 49.6 Å². The third-order valence-corrected chi connectivity index (χ3v) is 8.72. The van der Waals surface area contributed by atoms with Crippen molar-refractivity contribution in [3.8, 4) is 0 Å². The number of aryl methyl sites for hydroxylation is 1. The highest BCUT2D eigenvalue weighted by Crippen LogP contribution is 2.26. The van der Waals surface area contributed by atoms with Crippen LogP contribution >= 0.6 is 0 Å². The first-order valence-electron chi connectivity index (χ1n) is 14.3. The van der Waals surface area contributed by atoms with Crippen molar-refractivity contribution < 1.29 is 22.4 Å². The predicted molar refractivity (Wildman–Crippen MR) is 166 cm³/mol. The number of anilines is 1. The Morgan fingerprint density at radius 3 is 2.21 bits per heavy atom. The van der Waals surface area contributed by atoms with Gasteiger partial charge < -0.3 is 10.2 Å². The van der Waals surface area contributed by atoms with Gasteiger partial charge in [0, 0.05) is 32.0 Å². The first-order chi connectivity index (χ1) is 19.9. The number of hydrogen-bond donors (Lipinski definition) is 1. The molecular weight excluding hydrogens is 553 g/mol. The van der Waals surface area contributed by atoms with Gasteiger partial charge in [-0.15, -0.1) is 0 Å². The lowest BCUT2D eigenvalue weighted by Gasteiger charge is -2.33. The molecule has 1 N–H and O–H groups in total. The Bertz CT molecular complexity index is 1450. The van der Waals surface area contributed by atoms with Crippen LogP contribution in [0.5, 0.6) is 0 Å². The lowest BCUT2D eigenvalue weighted by Crippen LogP contribution is -2.52. The van der Waals surface area contributed by atoms with Crippen LogP contribution in [0.1, 0.15) is 55.4 Å². The van der Waals surface area contributed by atoms with Crippen molar-refractivity contribution in [3.63, 3.8) is 0 Å². The fourth-order valence-electron chi connectivity index (χ4n) is 4.77. The molecule has 0 spiro atoms. The van der Waals surface area contributed by atoms with Gasteiger partial charge in [0.25, 0.3) is 0 Å². The van der Waals surface area contributed by atoms with Crippen molar-refractivity contribution in [1.82, 2.24) is 10.2 Å². The molecule has 226 valence electrons. The minimum atomic E-state index is -3.61. The highest BCUT2D eigenvalue weighted by atomic mass is 32.2. The number of rotatable bonds is 14. The van der Waals surface area contributed by atoms with Crippen LogP contribution in [0.3, 0.4) is 0 Å². The molecule has 0 aliphatic rings. The van der Waals surface area contributed by atoms with Gasteiger partial charge in [0.15, 0.2) is 0 Å². The first kappa shape index (κ1) is 32.8. The zero-order valence-corrected chi connectivity index (χ0v) is 26.0. The molecule has 0 saturated heterocycles. The van der Waals surface area contributed by atoms with E-state index in [4.69, 9.17) is 0 Å². The molecule has 3 aromatic rings. The van der Waals surface area contributed by atoms with Crippen LogP contribution in [0, 0.1) is 19.7 Å². The lowest BCUT2D eigenvalue weighted by atomic mass is 10.0. The highest BCUT2D eigenvalue weighted by molar-refractivity contribution is 7.92. The molecule has 0 aliphatic heterocycles. The van der Waals surface area contributed by atoms with Gasteiger partial charge in [-0.05, 0) is 74.1 Å². The summed E-state index contributed by atoms with van der Waals surface area (Å²) in [6, 6.07) is 20.0. The molecule has 0 aromatic heterocycles. The van der Waals surface area contributed by atoms with Crippen LogP contribution in [-0.4, -0.2) is 50.0 Å². The fourth-order valence-corrected chi connectivity index (χ4v) is 5.79. The molecule has 2 atom stereocenters. The monoisotopic (exact) mass is 595 g/mol.